The van der Waals surface area contributed by atoms with Crippen LogP contribution in [0.3, 0.4) is 0 Å². The Morgan fingerprint density at radius 3 is 2.72 bits per heavy atom. The molecule has 0 atom stereocenters. The molecule has 2 aromatic heterocycles. The molecule has 152 valence electrons. The van der Waals surface area contributed by atoms with Crippen LogP contribution in [-0.2, 0) is 17.6 Å². The van der Waals surface area contributed by atoms with Gasteiger partial charge in [0.05, 0.1) is 16.8 Å². The van der Waals surface area contributed by atoms with Crippen LogP contribution in [0.1, 0.15) is 43.6 Å². The van der Waals surface area contributed by atoms with Crippen molar-refractivity contribution in [2.24, 2.45) is 0 Å². The monoisotopic (exact) mass is 427 g/mol. The maximum Gasteiger partial charge on any atom is 0.267 e. The second-order valence-electron chi connectivity index (χ2n) is 7.63. The molecule has 0 aliphatic heterocycles. The number of thiophene rings is 1. The van der Waals surface area contributed by atoms with Crippen LogP contribution >= 0.6 is 23.1 Å². The molecule has 0 unspecified atom stereocenters. The van der Waals surface area contributed by atoms with Gasteiger partial charge in [-0.25, -0.2) is 4.98 Å². The zero-order chi connectivity index (χ0) is 20.4. The molecular weight excluding hydrogens is 402 g/mol. The summed E-state index contributed by atoms with van der Waals surface area (Å²) in [6.07, 6.45) is 5.48. The topological polar surface area (TPSA) is 64.0 Å². The van der Waals surface area contributed by atoms with Gasteiger partial charge in [0.2, 0.25) is 5.91 Å². The fraction of sp³-hybridized carbons (Fsp3) is 0.409. The molecule has 1 N–H and O–H groups in total. The van der Waals surface area contributed by atoms with E-state index in [2.05, 4.69) is 5.32 Å². The summed E-state index contributed by atoms with van der Waals surface area (Å²) in [5.41, 5.74) is 1.96. The van der Waals surface area contributed by atoms with Crippen molar-refractivity contribution in [2.45, 2.75) is 57.1 Å². The summed E-state index contributed by atoms with van der Waals surface area (Å²) in [7, 11) is 0. The van der Waals surface area contributed by atoms with Crippen LogP contribution in [-0.4, -0.2) is 27.3 Å². The Morgan fingerprint density at radius 2 is 1.97 bits per heavy atom. The van der Waals surface area contributed by atoms with Gasteiger partial charge >= 0.3 is 0 Å². The van der Waals surface area contributed by atoms with Crippen molar-refractivity contribution in [2.75, 3.05) is 5.75 Å². The summed E-state index contributed by atoms with van der Waals surface area (Å²) in [6.45, 7) is 3.87. The number of para-hydroxylation sites is 1. The van der Waals surface area contributed by atoms with Crippen LogP contribution in [0.15, 0.2) is 40.3 Å². The lowest BCUT2D eigenvalue weighted by atomic mass is 10.1. The van der Waals surface area contributed by atoms with Gasteiger partial charge < -0.3 is 5.32 Å². The molecule has 7 heteroatoms. The predicted octanol–water partition coefficient (Wildman–Crippen LogP) is 4.33. The highest BCUT2D eigenvalue weighted by Crippen LogP contribution is 2.34. The number of amides is 1. The smallest absolute Gasteiger partial charge is 0.267 e. The molecule has 4 rings (SSSR count). The van der Waals surface area contributed by atoms with E-state index in [0.717, 1.165) is 35.2 Å². The lowest BCUT2D eigenvalue weighted by Crippen LogP contribution is -2.32. The molecule has 0 spiro atoms. The van der Waals surface area contributed by atoms with E-state index in [1.807, 2.05) is 44.2 Å². The summed E-state index contributed by atoms with van der Waals surface area (Å²) in [6, 6.07) is 9.68. The first-order valence-corrected chi connectivity index (χ1v) is 11.9. The SMILES string of the molecule is CC(C)NC(=O)CSc1nc2sc3c(c2c(=O)n1-c1ccccc1)CCCCC3. The summed E-state index contributed by atoms with van der Waals surface area (Å²) in [4.78, 5) is 32.8. The van der Waals surface area contributed by atoms with Gasteiger partial charge in [-0.15, -0.1) is 11.3 Å². The van der Waals surface area contributed by atoms with Gasteiger partial charge in [-0.05, 0) is 57.2 Å². The highest BCUT2D eigenvalue weighted by molar-refractivity contribution is 7.99. The normalized spacial score (nSPS) is 14.0. The van der Waals surface area contributed by atoms with E-state index in [9.17, 15) is 9.59 Å². The molecule has 0 radical (unpaired) electrons. The highest BCUT2D eigenvalue weighted by atomic mass is 32.2. The first-order chi connectivity index (χ1) is 14.0. The summed E-state index contributed by atoms with van der Waals surface area (Å²) < 4.78 is 1.67. The lowest BCUT2D eigenvalue weighted by Gasteiger charge is -2.13. The van der Waals surface area contributed by atoms with Crippen molar-refractivity contribution in [1.82, 2.24) is 14.9 Å². The Kier molecular flexibility index (Phi) is 6.06. The maximum absolute atomic E-state index is 13.6. The summed E-state index contributed by atoms with van der Waals surface area (Å²) in [5.74, 6) is 0.176. The quantitative estimate of drug-likeness (QED) is 0.374. The van der Waals surface area contributed by atoms with Crippen molar-refractivity contribution >= 4 is 39.2 Å². The van der Waals surface area contributed by atoms with E-state index >= 15 is 0 Å². The average molecular weight is 428 g/mol. The summed E-state index contributed by atoms with van der Waals surface area (Å²) in [5, 5.41) is 4.24. The fourth-order valence-corrected chi connectivity index (χ4v) is 5.88. The Hall–Kier alpha value is -2.12. The third-order valence-corrected chi connectivity index (χ3v) is 7.13. The number of carbonyl (C=O) groups excluding carboxylic acids is 1. The van der Waals surface area contributed by atoms with Gasteiger partial charge in [-0.3, -0.25) is 14.2 Å². The molecule has 29 heavy (non-hydrogen) atoms. The fourth-order valence-electron chi connectivity index (χ4n) is 3.76. The van der Waals surface area contributed by atoms with Crippen LogP contribution in [0.4, 0.5) is 0 Å². The molecule has 1 amide bonds. The van der Waals surface area contributed by atoms with E-state index in [1.54, 1.807) is 15.9 Å². The zero-order valence-corrected chi connectivity index (χ0v) is 18.4. The second kappa shape index (κ2) is 8.71. The molecule has 0 saturated heterocycles. The molecular formula is C22H25N3O2S2. The van der Waals surface area contributed by atoms with Gasteiger partial charge in [-0.2, -0.15) is 0 Å². The molecule has 0 bridgehead atoms. The molecule has 1 aliphatic carbocycles. The second-order valence-corrected chi connectivity index (χ2v) is 9.65. The van der Waals surface area contributed by atoms with Gasteiger partial charge in [0.25, 0.3) is 5.56 Å². The number of nitrogens with zero attached hydrogens (tertiary/aromatic N) is 2. The molecule has 3 aromatic rings. The summed E-state index contributed by atoms with van der Waals surface area (Å²) >= 11 is 2.97. The predicted molar refractivity (Wildman–Crippen MR) is 120 cm³/mol. The molecule has 0 saturated carbocycles. The van der Waals surface area contributed by atoms with E-state index in [-0.39, 0.29) is 23.3 Å². The highest BCUT2D eigenvalue weighted by Gasteiger charge is 2.22. The van der Waals surface area contributed by atoms with Crippen LogP contribution in [0.5, 0.6) is 0 Å². The third kappa shape index (κ3) is 4.26. The third-order valence-electron chi connectivity index (χ3n) is 5.00. The molecule has 2 heterocycles. The number of hydrogen-bond acceptors (Lipinski definition) is 5. The average Bonchev–Trinajstić information content (AvgIpc) is 2.88. The van der Waals surface area contributed by atoms with Crippen LogP contribution < -0.4 is 10.9 Å². The van der Waals surface area contributed by atoms with Gasteiger partial charge in [-0.1, -0.05) is 36.4 Å². The minimum absolute atomic E-state index is 0.0210. The number of hydrogen-bond donors (Lipinski definition) is 1. The van der Waals surface area contributed by atoms with Gasteiger partial charge in [0.15, 0.2) is 5.16 Å². The molecule has 0 fully saturated rings. The number of aryl methyl sites for hydroxylation is 2. The number of aromatic nitrogens is 2. The van der Waals surface area contributed by atoms with E-state index in [4.69, 9.17) is 4.98 Å². The van der Waals surface area contributed by atoms with Crippen molar-refractivity contribution in [3.63, 3.8) is 0 Å². The number of benzene rings is 1. The van der Waals surface area contributed by atoms with E-state index in [1.165, 1.54) is 35.0 Å². The minimum Gasteiger partial charge on any atom is -0.353 e. The number of nitrogens with one attached hydrogen (secondary N) is 1. The number of fused-ring (bicyclic) bond motifs is 3. The molecule has 5 nitrogen and oxygen atoms in total. The van der Waals surface area contributed by atoms with Crippen LogP contribution in [0.2, 0.25) is 0 Å². The minimum atomic E-state index is -0.0547. The maximum atomic E-state index is 13.6. The number of rotatable bonds is 5. The molecule has 1 aliphatic rings. The van der Waals surface area contributed by atoms with Crippen molar-refractivity contribution < 1.29 is 4.79 Å². The Balaban J connectivity index is 1.83. The van der Waals surface area contributed by atoms with Crippen LogP contribution in [0, 0.1) is 0 Å². The number of thioether (sulfide) groups is 1. The lowest BCUT2D eigenvalue weighted by molar-refractivity contribution is -0.119. The zero-order valence-electron chi connectivity index (χ0n) is 16.7. The first kappa shape index (κ1) is 20.2. The van der Waals surface area contributed by atoms with E-state index in [0.29, 0.717) is 5.16 Å². The first-order valence-electron chi connectivity index (χ1n) is 10.1. The van der Waals surface area contributed by atoms with Gasteiger partial charge in [0.1, 0.15) is 4.83 Å². The Labute approximate surface area is 178 Å². The Morgan fingerprint density at radius 1 is 1.21 bits per heavy atom. The van der Waals surface area contributed by atoms with E-state index < -0.39 is 0 Å². The van der Waals surface area contributed by atoms with Crippen molar-refractivity contribution in [1.29, 1.82) is 0 Å². The Bertz CT molecular complexity index is 1090. The molecule has 1 aromatic carbocycles. The standard InChI is InChI=1S/C22H25N3O2S2/c1-14(2)23-18(26)13-28-22-24-20-19(16-11-7-4-8-12-17(16)29-20)21(27)25(22)15-9-5-3-6-10-15/h3,5-6,9-10,14H,4,7-8,11-13H2,1-2H3,(H,23,26). The van der Waals surface area contributed by atoms with Crippen molar-refractivity contribution in [3.8, 4) is 5.69 Å². The van der Waals surface area contributed by atoms with Crippen LogP contribution in [0.25, 0.3) is 15.9 Å². The number of carbonyl (C=O) groups is 1. The largest absolute Gasteiger partial charge is 0.353 e. The van der Waals surface area contributed by atoms with Gasteiger partial charge in [0, 0.05) is 10.9 Å². The van der Waals surface area contributed by atoms with Crippen molar-refractivity contribution in [3.05, 3.63) is 51.1 Å².